The normalized spacial score (nSPS) is 9.25. The number of methoxy groups -OCH3 is 1. The summed E-state index contributed by atoms with van der Waals surface area (Å²) in [7, 11) is 1.64. The molecule has 0 aliphatic carbocycles. The summed E-state index contributed by atoms with van der Waals surface area (Å²) in [5.74, 6) is 12.3. The van der Waals surface area contributed by atoms with Crippen molar-refractivity contribution < 1.29 is 4.74 Å². The molecule has 0 bridgehead atoms. The summed E-state index contributed by atoms with van der Waals surface area (Å²) >= 11 is 0. The van der Waals surface area contributed by atoms with Crippen LogP contribution in [0.3, 0.4) is 0 Å². The molecule has 0 aliphatic rings. The van der Waals surface area contributed by atoms with Crippen molar-refractivity contribution in [3.63, 3.8) is 0 Å². The molecule has 20 heavy (non-hydrogen) atoms. The van der Waals surface area contributed by atoms with Gasteiger partial charge in [-0.15, -0.1) is 0 Å². The highest BCUT2D eigenvalue weighted by atomic mass is 16.5. The Hall–Kier alpha value is -2.90. The van der Waals surface area contributed by atoms with E-state index in [1.807, 2.05) is 60.7 Å². The van der Waals surface area contributed by atoms with Gasteiger partial charge >= 0.3 is 0 Å². The standard InChI is InChI=1S/C19H14O/c1-20-19-15-13-18(14-16-19)12-6-3-2-5-9-17-10-7-4-8-11-17/h4-5,7-11,13-16H,1H3/b9-5+. The molecule has 1 nitrogen and oxygen atoms in total. The smallest absolute Gasteiger partial charge is 0.118 e. The second kappa shape index (κ2) is 7.52. The molecule has 1 heteroatoms. The first-order valence-electron chi connectivity index (χ1n) is 6.26. The zero-order chi connectivity index (χ0) is 14.0. The molecule has 0 aromatic heterocycles. The maximum Gasteiger partial charge on any atom is 0.118 e. The molecule has 0 amide bonds. The van der Waals surface area contributed by atoms with Crippen LogP contribution in [0, 0.1) is 23.7 Å². The maximum absolute atomic E-state index is 5.08. The summed E-state index contributed by atoms with van der Waals surface area (Å²) in [6.45, 7) is 0. The molecular formula is C19H14O. The molecule has 2 aromatic carbocycles. The van der Waals surface area contributed by atoms with Gasteiger partial charge in [-0.25, -0.2) is 0 Å². The number of rotatable bonds is 2. The number of ether oxygens (including phenoxy) is 1. The van der Waals surface area contributed by atoms with Gasteiger partial charge in [-0.05, 0) is 53.8 Å². The lowest BCUT2D eigenvalue weighted by Crippen LogP contribution is -1.81. The Balaban J connectivity index is 1.94. The third-order valence-corrected chi connectivity index (χ3v) is 2.59. The first-order valence-corrected chi connectivity index (χ1v) is 6.26. The van der Waals surface area contributed by atoms with Crippen molar-refractivity contribution >= 4 is 6.08 Å². The van der Waals surface area contributed by atoms with Gasteiger partial charge in [0, 0.05) is 5.56 Å². The van der Waals surface area contributed by atoms with Crippen LogP contribution in [0.1, 0.15) is 11.1 Å². The highest BCUT2D eigenvalue weighted by Gasteiger charge is 1.88. The number of hydrogen-bond acceptors (Lipinski definition) is 1. The Bertz CT molecular complexity index is 687. The van der Waals surface area contributed by atoms with Crippen LogP contribution in [0.5, 0.6) is 5.75 Å². The van der Waals surface area contributed by atoms with Crippen molar-refractivity contribution in [3.05, 3.63) is 71.8 Å². The van der Waals surface area contributed by atoms with Gasteiger partial charge < -0.3 is 4.74 Å². The molecule has 0 unspecified atom stereocenters. The number of allylic oxidation sites excluding steroid dienone is 1. The van der Waals surface area contributed by atoms with Gasteiger partial charge in [0.1, 0.15) is 5.75 Å². The van der Waals surface area contributed by atoms with Gasteiger partial charge in [-0.1, -0.05) is 42.2 Å². The predicted molar refractivity (Wildman–Crippen MR) is 83.1 cm³/mol. The summed E-state index contributed by atoms with van der Waals surface area (Å²) in [6, 6.07) is 17.6. The van der Waals surface area contributed by atoms with Crippen LogP contribution in [-0.2, 0) is 0 Å². The predicted octanol–water partition coefficient (Wildman–Crippen LogP) is 3.76. The molecule has 0 N–H and O–H groups in total. The summed E-state index contributed by atoms with van der Waals surface area (Å²) in [5, 5.41) is 0. The van der Waals surface area contributed by atoms with Gasteiger partial charge in [-0.2, -0.15) is 0 Å². The van der Waals surface area contributed by atoms with E-state index in [1.165, 1.54) is 0 Å². The molecule has 0 heterocycles. The van der Waals surface area contributed by atoms with Crippen LogP contribution >= 0.6 is 0 Å². The summed E-state index contributed by atoms with van der Waals surface area (Å²) in [5.41, 5.74) is 2.05. The molecule has 0 saturated heterocycles. The molecule has 96 valence electrons. The maximum atomic E-state index is 5.08. The molecule has 0 aliphatic heterocycles. The number of hydrogen-bond donors (Lipinski definition) is 0. The van der Waals surface area contributed by atoms with Crippen LogP contribution in [0.25, 0.3) is 6.08 Å². The minimum absolute atomic E-state index is 0.826. The van der Waals surface area contributed by atoms with E-state index < -0.39 is 0 Å². The summed E-state index contributed by atoms with van der Waals surface area (Å²) < 4.78 is 5.08. The molecule has 0 spiro atoms. The average Bonchev–Trinajstić information content (AvgIpc) is 2.52. The Morgan fingerprint density at radius 3 is 2.35 bits per heavy atom. The first-order chi connectivity index (χ1) is 9.88. The largest absolute Gasteiger partial charge is 0.497 e. The van der Waals surface area contributed by atoms with Crippen molar-refractivity contribution in [1.82, 2.24) is 0 Å². The Kier molecular flexibility index (Phi) is 5.08. The summed E-state index contributed by atoms with van der Waals surface area (Å²) in [4.78, 5) is 0. The molecule has 0 atom stereocenters. The fraction of sp³-hybridized carbons (Fsp3) is 0.0526. The second-order valence-corrected chi connectivity index (χ2v) is 3.99. The van der Waals surface area contributed by atoms with E-state index in [0.717, 1.165) is 16.9 Å². The lowest BCUT2D eigenvalue weighted by molar-refractivity contribution is 0.415. The fourth-order valence-corrected chi connectivity index (χ4v) is 1.56. The van der Waals surface area contributed by atoms with E-state index in [0.29, 0.717) is 0 Å². The molecule has 0 fully saturated rings. The Morgan fingerprint density at radius 2 is 1.65 bits per heavy atom. The topological polar surface area (TPSA) is 9.23 Å². The lowest BCUT2D eigenvalue weighted by Gasteiger charge is -1.96. The average molecular weight is 258 g/mol. The SMILES string of the molecule is COc1ccc(C#CC#C/C=C/c2ccccc2)cc1. The van der Waals surface area contributed by atoms with E-state index in [4.69, 9.17) is 4.74 Å². The van der Waals surface area contributed by atoms with Gasteiger partial charge in [0.2, 0.25) is 0 Å². The van der Waals surface area contributed by atoms with Gasteiger partial charge in [0.15, 0.2) is 0 Å². The molecule has 2 rings (SSSR count). The van der Waals surface area contributed by atoms with E-state index >= 15 is 0 Å². The van der Waals surface area contributed by atoms with Crippen molar-refractivity contribution in [2.24, 2.45) is 0 Å². The molecule has 2 aromatic rings. The van der Waals surface area contributed by atoms with Crippen molar-refractivity contribution in [2.75, 3.05) is 7.11 Å². The van der Waals surface area contributed by atoms with Crippen LogP contribution in [0.2, 0.25) is 0 Å². The van der Waals surface area contributed by atoms with Crippen LogP contribution in [-0.4, -0.2) is 7.11 Å². The van der Waals surface area contributed by atoms with Gasteiger partial charge in [0.05, 0.1) is 7.11 Å². The number of benzene rings is 2. The summed E-state index contributed by atoms with van der Waals surface area (Å²) in [6.07, 6.45) is 3.76. The third-order valence-electron chi connectivity index (χ3n) is 2.59. The zero-order valence-electron chi connectivity index (χ0n) is 11.3. The monoisotopic (exact) mass is 258 g/mol. The highest BCUT2D eigenvalue weighted by molar-refractivity contribution is 5.53. The molecular weight excluding hydrogens is 244 g/mol. The Morgan fingerprint density at radius 1 is 0.900 bits per heavy atom. The third kappa shape index (κ3) is 4.41. The van der Waals surface area contributed by atoms with Gasteiger partial charge in [-0.3, -0.25) is 0 Å². The minimum Gasteiger partial charge on any atom is -0.497 e. The first kappa shape index (κ1) is 13.5. The molecule has 0 radical (unpaired) electrons. The molecule has 0 saturated carbocycles. The van der Waals surface area contributed by atoms with Gasteiger partial charge in [0.25, 0.3) is 0 Å². The van der Waals surface area contributed by atoms with E-state index in [9.17, 15) is 0 Å². The van der Waals surface area contributed by atoms with Crippen LogP contribution in [0.15, 0.2) is 60.7 Å². The Labute approximate surface area is 119 Å². The second-order valence-electron chi connectivity index (χ2n) is 3.99. The highest BCUT2D eigenvalue weighted by Crippen LogP contribution is 2.09. The van der Waals surface area contributed by atoms with Crippen molar-refractivity contribution in [3.8, 4) is 29.4 Å². The fourth-order valence-electron chi connectivity index (χ4n) is 1.56. The minimum atomic E-state index is 0.826. The van der Waals surface area contributed by atoms with E-state index in [2.05, 4.69) is 23.7 Å². The van der Waals surface area contributed by atoms with Crippen LogP contribution in [0.4, 0.5) is 0 Å². The lowest BCUT2D eigenvalue weighted by atomic mass is 10.2. The zero-order valence-corrected chi connectivity index (χ0v) is 11.3. The quantitative estimate of drug-likeness (QED) is 0.745. The van der Waals surface area contributed by atoms with Crippen molar-refractivity contribution in [2.45, 2.75) is 0 Å². The van der Waals surface area contributed by atoms with E-state index in [1.54, 1.807) is 13.2 Å². The van der Waals surface area contributed by atoms with E-state index in [-0.39, 0.29) is 0 Å². The van der Waals surface area contributed by atoms with Crippen LogP contribution < -0.4 is 4.74 Å². The van der Waals surface area contributed by atoms with Crippen molar-refractivity contribution in [1.29, 1.82) is 0 Å².